The standard InChI is InChI=1S/C7H13N3O2/c1-3-6-8-7(12)4-10(6)9(2)5-11/h5-6H,3-4H2,1-2H3,(H,8,12). The number of carbonyl (C=O) groups is 2. The molecule has 2 amide bonds. The molecule has 0 aromatic carbocycles. The van der Waals surface area contributed by atoms with Crippen molar-refractivity contribution in [3.63, 3.8) is 0 Å². The van der Waals surface area contributed by atoms with E-state index in [-0.39, 0.29) is 18.6 Å². The summed E-state index contributed by atoms with van der Waals surface area (Å²) in [6.45, 7) is 2.23. The lowest BCUT2D eigenvalue weighted by Crippen LogP contribution is -2.45. The Hall–Kier alpha value is -1.10. The Morgan fingerprint density at radius 2 is 2.50 bits per heavy atom. The molecule has 1 heterocycles. The van der Waals surface area contributed by atoms with E-state index in [9.17, 15) is 9.59 Å². The Morgan fingerprint density at radius 3 is 3.00 bits per heavy atom. The van der Waals surface area contributed by atoms with Crippen LogP contribution in [0.2, 0.25) is 0 Å². The van der Waals surface area contributed by atoms with E-state index in [1.807, 2.05) is 6.92 Å². The van der Waals surface area contributed by atoms with Gasteiger partial charge >= 0.3 is 0 Å². The van der Waals surface area contributed by atoms with Crippen LogP contribution in [0.5, 0.6) is 0 Å². The molecule has 1 aliphatic rings. The molecule has 12 heavy (non-hydrogen) atoms. The first-order valence-electron chi connectivity index (χ1n) is 3.93. The van der Waals surface area contributed by atoms with Gasteiger partial charge in [0.25, 0.3) is 0 Å². The monoisotopic (exact) mass is 171 g/mol. The highest BCUT2D eigenvalue weighted by atomic mass is 16.2. The van der Waals surface area contributed by atoms with Crippen LogP contribution in [0.4, 0.5) is 0 Å². The number of hydrogen-bond donors (Lipinski definition) is 1. The van der Waals surface area contributed by atoms with Crippen LogP contribution in [0, 0.1) is 0 Å². The van der Waals surface area contributed by atoms with Gasteiger partial charge in [-0.2, -0.15) is 5.01 Å². The Bertz CT molecular complexity index is 195. The smallest absolute Gasteiger partial charge is 0.237 e. The zero-order valence-electron chi connectivity index (χ0n) is 7.28. The first kappa shape index (κ1) is 8.99. The topological polar surface area (TPSA) is 52.7 Å². The van der Waals surface area contributed by atoms with E-state index in [1.165, 1.54) is 5.01 Å². The molecule has 1 atom stereocenters. The second-order valence-electron chi connectivity index (χ2n) is 2.77. The molecule has 1 saturated heterocycles. The van der Waals surface area contributed by atoms with Crippen molar-refractivity contribution in [1.29, 1.82) is 0 Å². The summed E-state index contributed by atoms with van der Waals surface area (Å²) < 4.78 is 0. The average Bonchev–Trinajstić information content (AvgIpc) is 2.45. The molecule has 5 nitrogen and oxygen atoms in total. The zero-order valence-corrected chi connectivity index (χ0v) is 7.28. The number of hydrogen-bond acceptors (Lipinski definition) is 3. The second-order valence-corrected chi connectivity index (χ2v) is 2.77. The van der Waals surface area contributed by atoms with Crippen LogP contribution in [0.15, 0.2) is 0 Å². The number of nitrogens with one attached hydrogen (secondary N) is 1. The molecule has 1 fully saturated rings. The van der Waals surface area contributed by atoms with Gasteiger partial charge in [0.1, 0.15) is 0 Å². The molecule has 0 aliphatic carbocycles. The highest BCUT2D eigenvalue weighted by Crippen LogP contribution is 2.08. The van der Waals surface area contributed by atoms with Crippen LogP contribution < -0.4 is 5.32 Å². The number of hydrazine groups is 1. The van der Waals surface area contributed by atoms with Crippen LogP contribution >= 0.6 is 0 Å². The lowest BCUT2D eigenvalue weighted by molar-refractivity contribution is -0.133. The molecule has 1 aliphatic heterocycles. The molecule has 0 saturated carbocycles. The van der Waals surface area contributed by atoms with Crippen LogP contribution in [-0.2, 0) is 9.59 Å². The highest BCUT2D eigenvalue weighted by Gasteiger charge is 2.30. The molecule has 0 radical (unpaired) electrons. The number of nitrogens with zero attached hydrogens (tertiary/aromatic N) is 2. The van der Waals surface area contributed by atoms with Crippen LogP contribution in [-0.4, -0.2) is 42.1 Å². The Kier molecular flexibility index (Phi) is 2.65. The number of amides is 2. The first-order chi connectivity index (χ1) is 5.69. The van der Waals surface area contributed by atoms with Crippen molar-refractivity contribution in [3.8, 4) is 0 Å². The summed E-state index contributed by atoms with van der Waals surface area (Å²) in [6, 6.07) is 0. The van der Waals surface area contributed by atoms with E-state index >= 15 is 0 Å². The summed E-state index contributed by atoms with van der Waals surface area (Å²) in [6.07, 6.45) is 1.46. The van der Waals surface area contributed by atoms with Crippen molar-refractivity contribution in [1.82, 2.24) is 15.3 Å². The fourth-order valence-electron chi connectivity index (χ4n) is 1.27. The summed E-state index contributed by atoms with van der Waals surface area (Å²) in [4.78, 5) is 21.4. The molecule has 1 rings (SSSR count). The van der Waals surface area contributed by atoms with Gasteiger partial charge in [0, 0.05) is 7.05 Å². The van der Waals surface area contributed by atoms with Gasteiger partial charge in [0.05, 0.1) is 12.7 Å². The Morgan fingerprint density at radius 1 is 1.83 bits per heavy atom. The van der Waals surface area contributed by atoms with Crippen molar-refractivity contribution < 1.29 is 9.59 Å². The predicted octanol–water partition coefficient (Wildman–Crippen LogP) is -0.842. The molecule has 0 aromatic rings. The van der Waals surface area contributed by atoms with Crippen molar-refractivity contribution >= 4 is 12.3 Å². The Balaban J connectivity index is 2.62. The van der Waals surface area contributed by atoms with Gasteiger partial charge in [-0.25, -0.2) is 0 Å². The van der Waals surface area contributed by atoms with E-state index in [2.05, 4.69) is 5.32 Å². The molecule has 0 spiro atoms. The van der Waals surface area contributed by atoms with Gasteiger partial charge in [-0.3, -0.25) is 14.6 Å². The fourth-order valence-corrected chi connectivity index (χ4v) is 1.27. The fraction of sp³-hybridized carbons (Fsp3) is 0.714. The summed E-state index contributed by atoms with van der Waals surface area (Å²) in [7, 11) is 1.63. The van der Waals surface area contributed by atoms with E-state index in [0.29, 0.717) is 6.41 Å². The molecule has 5 heteroatoms. The lowest BCUT2D eigenvalue weighted by Gasteiger charge is -2.27. The molecule has 0 bridgehead atoms. The quantitative estimate of drug-likeness (QED) is 0.563. The number of carbonyl (C=O) groups excluding carboxylic acids is 2. The van der Waals surface area contributed by atoms with Crippen LogP contribution in [0.3, 0.4) is 0 Å². The Labute approximate surface area is 71.3 Å². The van der Waals surface area contributed by atoms with Gasteiger partial charge in [0.15, 0.2) is 0 Å². The van der Waals surface area contributed by atoms with Gasteiger partial charge < -0.3 is 5.32 Å². The third-order valence-corrected chi connectivity index (χ3v) is 1.94. The third-order valence-electron chi connectivity index (χ3n) is 1.94. The average molecular weight is 171 g/mol. The van der Waals surface area contributed by atoms with Gasteiger partial charge in [0.2, 0.25) is 12.3 Å². The maximum atomic E-state index is 10.9. The SMILES string of the molecule is CCC1NC(=O)CN1N(C)C=O. The molecule has 1 unspecified atom stereocenters. The van der Waals surface area contributed by atoms with Crippen molar-refractivity contribution in [2.75, 3.05) is 13.6 Å². The minimum Gasteiger partial charge on any atom is -0.338 e. The predicted molar refractivity (Wildman–Crippen MR) is 42.8 cm³/mol. The maximum absolute atomic E-state index is 10.9. The van der Waals surface area contributed by atoms with Crippen LogP contribution in [0.25, 0.3) is 0 Å². The zero-order chi connectivity index (χ0) is 9.14. The van der Waals surface area contributed by atoms with E-state index in [1.54, 1.807) is 12.1 Å². The van der Waals surface area contributed by atoms with Gasteiger partial charge in [-0.1, -0.05) is 6.92 Å². The van der Waals surface area contributed by atoms with Crippen molar-refractivity contribution in [3.05, 3.63) is 0 Å². The minimum atomic E-state index is -0.0345. The van der Waals surface area contributed by atoms with Crippen molar-refractivity contribution in [2.24, 2.45) is 0 Å². The lowest BCUT2D eigenvalue weighted by atomic mass is 10.4. The first-order valence-corrected chi connectivity index (χ1v) is 3.93. The number of rotatable bonds is 3. The molecular formula is C7H13N3O2. The van der Waals surface area contributed by atoms with Gasteiger partial charge in [-0.05, 0) is 6.42 Å². The molecular weight excluding hydrogens is 158 g/mol. The molecule has 68 valence electrons. The van der Waals surface area contributed by atoms with E-state index in [4.69, 9.17) is 0 Å². The minimum absolute atomic E-state index is 0.0319. The largest absolute Gasteiger partial charge is 0.338 e. The van der Waals surface area contributed by atoms with E-state index in [0.717, 1.165) is 6.42 Å². The molecule has 1 N–H and O–H groups in total. The maximum Gasteiger partial charge on any atom is 0.237 e. The summed E-state index contributed by atoms with van der Waals surface area (Å²) in [5.74, 6) is -0.0319. The highest BCUT2D eigenvalue weighted by molar-refractivity contribution is 5.80. The normalized spacial score (nSPS) is 23.8. The van der Waals surface area contributed by atoms with Crippen molar-refractivity contribution in [2.45, 2.75) is 19.5 Å². The third kappa shape index (κ3) is 1.55. The second kappa shape index (κ2) is 3.53. The summed E-state index contributed by atoms with van der Waals surface area (Å²) in [5, 5.41) is 5.85. The van der Waals surface area contributed by atoms with Gasteiger partial charge in [-0.15, -0.1) is 0 Å². The summed E-state index contributed by atoms with van der Waals surface area (Å²) >= 11 is 0. The summed E-state index contributed by atoms with van der Waals surface area (Å²) in [5.41, 5.74) is 0. The molecule has 0 aromatic heterocycles. The van der Waals surface area contributed by atoms with E-state index < -0.39 is 0 Å². The van der Waals surface area contributed by atoms with Crippen LogP contribution in [0.1, 0.15) is 13.3 Å².